The number of nitrogens with one attached hydrogen (secondary N) is 1. The lowest BCUT2D eigenvalue weighted by Crippen LogP contribution is -1.95. The molecule has 0 aliphatic heterocycles. The Hall–Kier alpha value is -2.42. The number of aliphatic imine (C=N–C) groups is 1. The predicted octanol–water partition coefficient (Wildman–Crippen LogP) is 4.57. The minimum atomic E-state index is 0.586. The second-order valence-corrected chi connectivity index (χ2v) is 5.63. The average Bonchev–Trinajstić information content (AvgIpc) is 2.98. The Balaban J connectivity index is 1.48. The van der Waals surface area contributed by atoms with E-state index in [1.54, 1.807) is 0 Å². The maximum absolute atomic E-state index is 4.49. The third-order valence-electron chi connectivity index (χ3n) is 3.91. The van der Waals surface area contributed by atoms with Gasteiger partial charge in [-0.3, -0.25) is 4.99 Å². The third-order valence-corrected chi connectivity index (χ3v) is 3.91. The molecule has 1 unspecified atom stereocenters. The van der Waals surface area contributed by atoms with Crippen LogP contribution in [0, 0.1) is 0 Å². The van der Waals surface area contributed by atoms with Crippen molar-refractivity contribution in [3.05, 3.63) is 66.0 Å². The average molecular weight is 291 g/mol. The summed E-state index contributed by atoms with van der Waals surface area (Å²) in [6.07, 6.45) is 4.08. The number of para-hydroxylation sites is 2. The molecule has 3 heteroatoms. The van der Waals surface area contributed by atoms with Gasteiger partial charge in [-0.1, -0.05) is 49.4 Å². The molecule has 0 saturated heterocycles. The van der Waals surface area contributed by atoms with Crippen molar-refractivity contribution in [2.45, 2.75) is 25.7 Å². The van der Waals surface area contributed by atoms with Crippen LogP contribution >= 0.6 is 0 Å². The monoisotopic (exact) mass is 291 g/mol. The van der Waals surface area contributed by atoms with Gasteiger partial charge in [0.15, 0.2) is 0 Å². The number of hydrogen-bond donors (Lipinski definition) is 1. The molecule has 0 aliphatic rings. The van der Waals surface area contributed by atoms with Crippen LogP contribution < -0.4 is 0 Å². The van der Waals surface area contributed by atoms with Crippen molar-refractivity contribution in [1.82, 2.24) is 9.97 Å². The molecule has 0 fully saturated rings. The molecule has 1 N–H and O–H groups in total. The van der Waals surface area contributed by atoms with Gasteiger partial charge in [0.2, 0.25) is 0 Å². The van der Waals surface area contributed by atoms with E-state index in [0.29, 0.717) is 5.92 Å². The van der Waals surface area contributed by atoms with E-state index in [1.807, 2.05) is 30.5 Å². The van der Waals surface area contributed by atoms with Gasteiger partial charge < -0.3 is 4.98 Å². The molecule has 0 saturated carbocycles. The van der Waals surface area contributed by atoms with Gasteiger partial charge in [-0.25, -0.2) is 4.98 Å². The Morgan fingerprint density at radius 2 is 1.86 bits per heavy atom. The fraction of sp³-hybridized carbons (Fsp3) is 0.263. The minimum Gasteiger partial charge on any atom is -0.337 e. The molecule has 112 valence electrons. The Morgan fingerprint density at radius 3 is 2.68 bits per heavy atom. The van der Waals surface area contributed by atoms with E-state index >= 15 is 0 Å². The summed E-state index contributed by atoms with van der Waals surface area (Å²) in [5.41, 5.74) is 3.45. The van der Waals surface area contributed by atoms with Crippen LogP contribution in [0.3, 0.4) is 0 Å². The molecule has 0 bridgehead atoms. The minimum absolute atomic E-state index is 0.586. The number of aromatic nitrogens is 2. The summed E-state index contributed by atoms with van der Waals surface area (Å²) in [5.74, 6) is 1.42. The molecule has 0 amide bonds. The van der Waals surface area contributed by atoms with Gasteiger partial charge in [0.1, 0.15) is 5.82 Å². The normalized spacial score (nSPS) is 13.0. The molecule has 0 aliphatic carbocycles. The van der Waals surface area contributed by atoms with Gasteiger partial charge in [0, 0.05) is 6.54 Å². The summed E-state index contributed by atoms with van der Waals surface area (Å²) in [7, 11) is 0. The first-order valence-corrected chi connectivity index (χ1v) is 7.82. The molecule has 3 aromatic rings. The highest BCUT2D eigenvalue weighted by Crippen LogP contribution is 2.19. The summed E-state index contributed by atoms with van der Waals surface area (Å²) in [6.45, 7) is 3.12. The van der Waals surface area contributed by atoms with E-state index in [4.69, 9.17) is 0 Å². The molecule has 3 rings (SSSR count). The van der Waals surface area contributed by atoms with E-state index in [-0.39, 0.29) is 0 Å². The highest BCUT2D eigenvalue weighted by Gasteiger charge is 2.03. The van der Waals surface area contributed by atoms with Gasteiger partial charge in [-0.05, 0) is 36.5 Å². The van der Waals surface area contributed by atoms with Crippen LogP contribution in [0.1, 0.15) is 37.1 Å². The number of fused-ring (bicyclic) bond motifs is 1. The summed E-state index contributed by atoms with van der Waals surface area (Å²) < 4.78 is 0. The van der Waals surface area contributed by atoms with Crippen molar-refractivity contribution in [3.8, 4) is 0 Å². The quantitative estimate of drug-likeness (QED) is 0.524. The molecule has 1 heterocycles. The second kappa shape index (κ2) is 7.03. The molecule has 1 aromatic heterocycles. The Bertz CT molecular complexity index is 710. The van der Waals surface area contributed by atoms with E-state index in [2.05, 4.69) is 52.2 Å². The highest BCUT2D eigenvalue weighted by atomic mass is 14.9. The van der Waals surface area contributed by atoms with E-state index in [9.17, 15) is 0 Å². The predicted molar refractivity (Wildman–Crippen MR) is 92.6 cm³/mol. The third kappa shape index (κ3) is 3.61. The maximum atomic E-state index is 4.49. The van der Waals surface area contributed by atoms with Crippen LogP contribution in [-0.4, -0.2) is 22.7 Å². The second-order valence-electron chi connectivity index (χ2n) is 5.63. The van der Waals surface area contributed by atoms with Gasteiger partial charge in [-0.15, -0.1) is 0 Å². The maximum Gasteiger partial charge on any atom is 0.149 e. The summed E-state index contributed by atoms with van der Waals surface area (Å²) in [6, 6.07) is 18.7. The van der Waals surface area contributed by atoms with Crippen LogP contribution in [0.5, 0.6) is 0 Å². The van der Waals surface area contributed by atoms with Gasteiger partial charge in [0.25, 0.3) is 0 Å². The Morgan fingerprint density at radius 1 is 1.09 bits per heavy atom. The molecule has 0 spiro atoms. The zero-order chi connectivity index (χ0) is 15.2. The number of hydrogen-bond acceptors (Lipinski definition) is 2. The van der Waals surface area contributed by atoms with Crippen molar-refractivity contribution < 1.29 is 0 Å². The summed E-state index contributed by atoms with van der Waals surface area (Å²) in [4.78, 5) is 12.2. The van der Waals surface area contributed by atoms with Crippen molar-refractivity contribution in [3.63, 3.8) is 0 Å². The first-order valence-electron chi connectivity index (χ1n) is 7.82. The number of H-pyrrole nitrogens is 1. The van der Waals surface area contributed by atoms with Crippen molar-refractivity contribution in [1.29, 1.82) is 0 Å². The Labute approximate surface area is 131 Å². The molecule has 0 radical (unpaired) electrons. The van der Waals surface area contributed by atoms with Crippen LogP contribution in [0.4, 0.5) is 0 Å². The van der Waals surface area contributed by atoms with Crippen molar-refractivity contribution in [2.75, 3.05) is 6.54 Å². The zero-order valence-electron chi connectivity index (χ0n) is 12.9. The van der Waals surface area contributed by atoms with Gasteiger partial charge >= 0.3 is 0 Å². The van der Waals surface area contributed by atoms with Crippen LogP contribution in [0.25, 0.3) is 11.0 Å². The molecule has 3 nitrogen and oxygen atoms in total. The molecule has 2 aromatic carbocycles. The lowest BCUT2D eigenvalue weighted by atomic mass is 9.96. The fourth-order valence-electron chi connectivity index (χ4n) is 2.62. The standard InChI is InChI=1S/C19H21N3/c1-15(16-9-3-2-4-10-16)8-7-13-20-14-19-21-17-11-5-6-12-18(17)22-19/h2-6,9-12,14-15H,7-8,13H2,1H3,(H,21,22). The molecular formula is C19H21N3. The van der Waals surface area contributed by atoms with Crippen molar-refractivity contribution in [2.24, 2.45) is 4.99 Å². The highest BCUT2D eigenvalue weighted by molar-refractivity contribution is 5.83. The fourth-order valence-corrected chi connectivity index (χ4v) is 2.62. The zero-order valence-corrected chi connectivity index (χ0v) is 12.9. The largest absolute Gasteiger partial charge is 0.337 e. The number of benzene rings is 2. The van der Waals surface area contributed by atoms with Crippen LogP contribution in [0.15, 0.2) is 59.6 Å². The first-order chi connectivity index (χ1) is 10.8. The summed E-state index contributed by atoms with van der Waals surface area (Å²) >= 11 is 0. The van der Waals surface area contributed by atoms with Crippen LogP contribution in [-0.2, 0) is 0 Å². The number of aromatic amines is 1. The molecular weight excluding hydrogens is 270 g/mol. The smallest absolute Gasteiger partial charge is 0.149 e. The molecule has 1 atom stereocenters. The number of rotatable bonds is 6. The number of imidazole rings is 1. The topological polar surface area (TPSA) is 41.0 Å². The van der Waals surface area contributed by atoms with Gasteiger partial charge in [0.05, 0.1) is 17.2 Å². The van der Waals surface area contributed by atoms with Gasteiger partial charge in [-0.2, -0.15) is 0 Å². The lowest BCUT2D eigenvalue weighted by molar-refractivity contribution is 0.642. The SMILES string of the molecule is CC(CCCN=Cc1nc2ccccc2[nH]1)c1ccccc1. The number of nitrogens with zero attached hydrogens (tertiary/aromatic N) is 2. The van der Waals surface area contributed by atoms with Crippen LogP contribution in [0.2, 0.25) is 0 Å². The van der Waals surface area contributed by atoms with E-state index in [0.717, 1.165) is 36.2 Å². The van der Waals surface area contributed by atoms with Crippen molar-refractivity contribution >= 4 is 17.2 Å². The van der Waals surface area contributed by atoms with E-state index < -0.39 is 0 Å². The molecule has 22 heavy (non-hydrogen) atoms. The van der Waals surface area contributed by atoms with E-state index in [1.165, 1.54) is 5.56 Å². The summed E-state index contributed by atoms with van der Waals surface area (Å²) in [5, 5.41) is 0. The first kappa shape index (κ1) is 14.5. The Kier molecular flexibility index (Phi) is 4.64. The lowest BCUT2D eigenvalue weighted by Gasteiger charge is -2.10.